The van der Waals surface area contributed by atoms with Crippen molar-refractivity contribution in [2.45, 2.75) is 56.7 Å². The summed E-state index contributed by atoms with van der Waals surface area (Å²) in [4.78, 5) is 14.2. The lowest BCUT2D eigenvalue weighted by Crippen LogP contribution is -2.59. The number of ether oxygens (including phenoxy) is 1. The first-order valence-electron chi connectivity index (χ1n) is 13.2. The monoisotopic (exact) mass is 633 g/mol. The predicted molar refractivity (Wildman–Crippen MR) is 155 cm³/mol. The minimum atomic E-state index is -0.754. The number of unbranched alkanes of at least 4 members (excludes halogenated alkanes) is 3. The molecule has 0 spiro atoms. The summed E-state index contributed by atoms with van der Waals surface area (Å²) in [6.45, 7) is 0.683. The fourth-order valence-electron chi connectivity index (χ4n) is 5.24. The molecule has 0 aliphatic carbocycles. The molecule has 0 amide bonds. The average molecular weight is 634 g/mol. The minimum absolute atomic E-state index is 0.0441. The molecule has 0 aromatic heterocycles. The van der Waals surface area contributed by atoms with E-state index >= 15 is 0 Å². The third-order valence-corrected chi connectivity index (χ3v) is 8.04. The molecule has 7 heteroatoms. The summed E-state index contributed by atoms with van der Waals surface area (Å²) in [6, 6.07) is 19.5. The Hall–Kier alpha value is -2.52. The summed E-state index contributed by atoms with van der Waals surface area (Å²) < 4.78 is 34.0. The van der Waals surface area contributed by atoms with E-state index in [1.165, 1.54) is 41.5 Å². The molecule has 1 heterocycles. The first-order valence-corrected chi connectivity index (χ1v) is 14.8. The van der Waals surface area contributed by atoms with E-state index in [0.717, 1.165) is 36.1 Å². The van der Waals surface area contributed by atoms with Gasteiger partial charge in [0.15, 0.2) is 0 Å². The highest BCUT2D eigenvalue weighted by atomic mass is 127. The lowest BCUT2D eigenvalue weighted by atomic mass is 9.73. The number of carbonyl (C=O) groups is 1. The number of hydrogen-bond acceptors (Lipinski definition) is 4. The predicted octanol–water partition coefficient (Wildman–Crippen LogP) is 7.60. The molecule has 38 heavy (non-hydrogen) atoms. The van der Waals surface area contributed by atoms with E-state index in [9.17, 15) is 18.7 Å². The third kappa shape index (κ3) is 7.11. The minimum Gasteiger partial charge on any atom is -0.494 e. The molecule has 4 atom stereocenters. The molecular weight excluding hydrogens is 599 g/mol. The van der Waals surface area contributed by atoms with Crippen molar-refractivity contribution in [2.24, 2.45) is 5.92 Å². The van der Waals surface area contributed by atoms with E-state index in [4.69, 9.17) is 4.74 Å². The van der Waals surface area contributed by atoms with Crippen molar-refractivity contribution in [1.29, 1.82) is 0 Å². The van der Waals surface area contributed by atoms with Gasteiger partial charge in [0.2, 0.25) is 0 Å². The van der Waals surface area contributed by atoms with Gasteiger partial charge in [0, 0.05) is 11.6 Å². The summed E-state index contributed by atoms with van der Waals surface area (Å²) in [5, 5.41) is 10.7. The van der Waals surface area contributed by atoms with Crippen molar-refractivity contribution in [3.05, 3.63) is 95.6 Å². The Morgan fingerprint density at radius 2 is 1.53 bits per heavy atom. The standard InChI is InChI=1S/C31H34F2INO3/c32-24-9-5-22(6-10-24)30(37)18-17-28-29(21-36)35(26-13-11-25(33)12-14-26)31(28)23-7-15-27(16-8-23)38-20-4-2-1-3-19-34/h5-16,21,28-31,37H,1-4,17-20H2. The quantitative estimate of drug-likeness (QED) is 0.0861. The van der Waals surface area contributed by atoms with Crippen LogP contribution in [0.25, 0.3) is 0 Å². The zero-order valence-corrected chi connectivity index (χ0v) is 23.5. The summed E-state index contributed by atoms with van der Waals surface area (Å²) in [5.41, 5.74) is 2.45. The Morgan fingerprint density at radius 1 is 0.895 bits per heavy atom. The lowest BCUT2D eigenvalue weighted by molar-refractivity contribution is -0.112. The van der Waals surface area contributed by atoms with Gasteiger partial charge in [-0.15, -0.1) is 0 Å². The second-order valence-corrected chi connectivity index (χ2v) is 10.9. The second-order valence-electron chi connectivity index (χ2n) is 9.78. The largest absolute Gasteiger partial charge is 0.494 e. The van der Waals surface area contributed by atoms with Crippen LogP contribution in [0.15, 0.2) is 72.8 Å². The van der Waals surface area contributed by atoms with Crippen LogP contribution in [0.5, 0.6) is 5.75 Å². The second kappa shape index (κ2) is 14.0. The number of rotatable bonds is 14. The fraction of sp³-hybridized carbons (Fsp3) is 0.387. The SMILES string of the molecule is O=CC1C(CCC(O)c2ccc(F)cc2)C(c2ccc(OCCCCCCI)cc2)N1c1ccc(F)cc1. The molecule has 1 aliphatic rings. The van der Waals surface area contributed by atoms with Crippen LogP contribution in [0.4, 0.5) is 14.5 Å². The van der Waals surface area contributed by atoms with E-state index in [0.29, 0.717) is 25.0 Å². The smallest absolute Gasteiger partial charge is 0.142 e. The number of aliphatic hydroxyl groups is 1. The molecule has 4 unspecified atom stereocenters. The molecule has 1 saturated heterocycles. The number of hydrogen-bond donors (Lipinski definition) is 1. The number of nitrogens with zero attached hydrogens (tertiary/aromatic N) is 1. The Labute approximate surface area is 237 Å². The molecule has 202 valence electrons. The number of aldehydes is 1. The third-order valence-electron chi connectivity index (χ3n) is 7.28. The van der Waals surface area contributed by atoms with Gasteiger partial charge in [-0.05, 0) is 89.8 Å². The molecule has 1 N–H and O–H groups in total. The van der Waals surface area contributed by atoms with E-state index in [-0.39, 0.29) is 23.6 Å². The highest BCUT2D eigenvalue weighted by Crippen LogP contribution is 2.49. The van der Waals surface area contributed by atoms with Crippen LogP contribution in [0, 0.1) is 17.6 Å². The van der Waals surface area contributed by atoms with Gasteiger partial charge < -0.3 is 19.5 Å². The number of benzene rings is 3. The number of anilines is 1. The Morgan fingerprint density at radius 3 is 2.16 bits per heavy atom. The summed E-state index contributed by atoms with van der Waals surface area (Å²) >= 11 is 2.40. The maximum atomic E-state index is 13.6. The molecule has 0 radical (unpaired) electrons. The van der Waals surface area contributed by atoms with Crippen LogP contribution in [0.1, 0.15) is 61.8 Å². The molecule has 1 aliphatic heterocycles. The van der Waals surface area contributed by atoms with Crippen molar-refractivity contribution in [3.8, 4) is 5.75 Å². The van der Waals surface area contributed by atoms with Gasteiger partial charge in [-0.25, -0.2) is 8.78 Å². The van der Waals surface area contributed by atoms with Gasteiger partial charge >= 0.3 is 0 Å². The summed E-state index contributed by atoms with van der Waals surface area (Å²) in [5.74, 6) is 0.0886. The fourth-order valence-corrected chi connectivity index (χ4v) is 5.77. The van der Waals surface area contributed by atoms with Crippen LogP contribution < -0.4 is 9.64 Å². The number of halogens is 3. The average Bonchev–Trinajstić information content (AvgIpc) is 2.92. The molecule has 0 bridgehead atoms. The Balaban J connectivity index is 1.47. The maximum absolute atomic E-state index is 13.6. The summed E-state index contributed by atoms with van der Waals surface area (Å²) in [7, 11) is 0. The van der Waals surface area contributed by atoms with E-state index < -0.39 is 12.1 Å². The highest BCUT2D eigenvalue weighted by Gasteiger charge is 2.48. The van der Waals surface area contributed by atoms with Gasteiger partial charge in [0.25, 0.3) is 0 Å². The van der Waals surface area contributed by atoms with Gasteiger partial charge in [0.05, 0.1) is 24.8 Å². The van der Waals surface area contributed by atoms with Crippen molar-refractivity contribution in [1.82, 2.24) is 0 Å². The number of aliphatic hydroxyl groups excluding tert-OH is 1. The van der Waals surface area contributed by atoms with Crippen LogP contribution in [-0.2, 0) is 4.79 Å². The molecule has 4 nitrogen and oxygen atoms in total. The maximum Gasteiger partial charge on any atom is 0.142 e. The van der Waals surface area contributed by atoms with Crippen LogP contribution >= 0.6 is 22.6 Å². The van der Waals surface area contributed by atoms with Crippen molar-refractivity contribution in [3.63, 3.8) is 0 Å². The molecule has 3 aromatic rings. The summed E-state index contributed by atoms with van der Waals surface area (Å²) in [6.07, 6.45) is 5.87. The van der Waals surface area contributed by atoms with Crippen LogP contribution in [0.2, 0.25) is 0 Å². The van der Waals surface area contributed by atoms with Gasteiger partial charge in [-0.2, -0.15) is 0 Å². The highest BCUT2D eigenvalue weighted by molar-refractivity contribution is 14.1. The zero-order valence-electron chi connectivity index (χ0n) is 21.3. The lowest BCUT2D eigenvalue weighted by Gasteiger charge is -2.55. The molecule has 3 aromatic carbocycles. The first-order chi connectivity index (χ1) is 18.5. The van der Waals surface area contributed by atoms with Crippen LogP contribution in [0.3, 0.4) is 0 Å². The Bertz CT molecular complexity index is 1140. The van der Waals surface area contributed by atoms with Crippen molar-refractivity contribution in [2.75, 3.05) is 15.9 Å². The molecule has 1 fully saturated rings. The molecule has 0 saturated carbocycles. The number of carbonyl (C=O) groups excluding carboxylic acids is 1. The van der Waals surface area contributed by atoms with Crippen molar-refractivity contribution < 1.29 is 23.4 Å². The molecule has 4 rings (SSSR count). The van der Waals surface area contributed by atoms with Gasteiger partial charge in [-0.3, -0.25) is 0 Å². The van der Waals surface area contributed by atoms with E-state index in [1.54, 1.807) is 24.3 Å². The van der Waals surface area contributed by atoms with E-state index in [2.05, 4.69) is 22.6 Å². The zero-order chi connectivity index (χ0) is 26.9. The molecular formula is C31H34F2INO3. The van der Waals surface area contributed by atoms with Gasteiger partial charge in [-0.1, -0.05) is 59.7 Å². The van der Waals surface area contributed by atoms with Gasteiger partial charge in [0.1, 0.15) is 23.7 Å². The number of alkyl halides is 1. The topological polar surface area (TPSA) is 49.8 Å². The van der Waals surface area contributed by atoms with Crippen molar-refractivity contribution >= 4 is 34.6 Å². The first kappa shape index (κ1) is 28.5. The Kier molecular flexibility index (Phi) is 10.5. The van der Waals surface area contributed by atoms with Crippen LogP contribution in [-0.4, -0.2) is 28.5 Å². The normalized spacial score (nSPS) is 19.6. The van der Waals surface area contributed by atoms with E-state index in [1.807, 2.05) is 29.2 Å².